The molecule has 0 radical (unpaired) electrons. The molecule has 1 fully saturated rings. The molecule has 1 saturated heterocycles. The van der Waals surface area contributed by atoms with Crippen LogP contribution < -0.4 is 5.32 Å². The van der Waals surface area contributed by atoms with Crippen molar-refractivity contribution in [1.29, 1.82) is 0 Å². The van der Waals surface area contributed by atoms with Crippen LogP contribution in [-0.2, 0) is 4.84 Å². The van der Waals surface area contributed by atoms with E-state index in [0.29, 0.717) is 5.41 Å². The number of nitrogens with one attached hydrogen (secondary N) is 1. The SMILES string of the molecule is C1=NOCC2(C1)CCNCC2. The van der Waals surface area contributed by atoms with E-state index in [1.165, 1.54) is 12.8 Å². The van der Waals surface area contributed by atoms with Gasteiger partial charge in [0.2, 0.25) is 0 Å². The molecule has 3 heteroatoms. The summed E-state index contributed by atoms with van der Waals surface area (Å²) in [5.41, 5.74) is 0.424. The molecule has 2 rings (SSSR count). The molecular weight excluding hydrogens is 140 g/mol. The topological polar surface area (TPSA) is 33.6 Å². The fourth-order valence-electron chi connectivity index (χ4n) is 1.82. The normalized spacial score (nSPS) is 28.4. The maximum Gasteiger partial charge on any atom is 0.123 e. The Kier molecular flexibility index (Phi) is 1.82. The monoisotopic (exact) mass is 154 g/mol. The third-order valence-corrected chi connectivity index (χ3v) is 2.71. The van der Waals surface area contributed by atoms with Gasteiger partial charge in [0.25, 0.3) is 0 Å². The zero-order chi connectivity index (χ0) is 7.57. The average molecular weight is 154 g/mol. The highest BCUT2D eigenvalue weighted by Crippen LogP contribution is 2.33. The van der Waals surface area contributed by atoms with Crippen LogP contribution in [0.5, 0.6) is 0 Å². The van der Waals surface area contributed by atoms with E-state index in [9.17, 15) is 0 Å². The summed E-state index contributed by atoms with van der Waals surface area (Å²) in [5, 5.41) is 7.14. The van der Waals surface area contributed by atoms with Gasteiger partial charge in [0.05, 0.1) is 0 Å². The van der Waals surface area contributed by atoms with Crippen LogP contribution in [0.4, 0.5) is 0 Å². The summed E-state index contributed by atoms with van der Waals surface area (Å²) in [6.07, 6.45) is 5.49. The van der Waals surface area contributed by atoms with E-state index in [0.717, 1.165) is 26.1 Å². The van der Waals surface area contributed by atoms with Gasteiger partial charge in [-0.2, -0.15) is 0 Å². The number of oxime groups is 1. The summed E-state index contributed by atoms with van der Waals surface area (Å²) < 4.78 is 0. The Labute approximate surface area is 66.8 Å². The van der Waals surface area contributed by atoms with Crippen LogP contribution in [-0.4, -0.2) is 25.9 Å². The predicted molar refractivity (Wildman–Crippen MR) is 43.6 cm³/mol. The number of rotatable bonds is 0. The molecule has 2 aliphatic rings. The molecule has 11 heavy (non-hydrogen) atoms. The van der Waals surface area contributed by atoms with Crippen LogP contribution in [0.25, 0.3) is 0 Å². The maximum absolute atomic E-state index is 5.10. The third kappa shape index (κ3) is 1.38. The van der Waals surface area contributed by atoms with E-state index < -0.39 is 0 Å². The van der Waals surface area contributed by atoms with Crippen LogP contribution in [0.3, 0.4) is 0 Å². The van der Waals surface area contributed by atoms with Gasteiger partial charge in [-0.3, -0.25) is 0 Å². The minimum Gasteiger partial charge on any atom is -0.395 e. The summed E-state index contributed by atoms with van der Waals surface area (Å²) >= 11 is 0. The Morgan fingerprint density at radius 1 is 1.36 bits per heavy atom. The van der Waals surface area contributed by atoms with Crippen LogP contribution in [0.1, 0.15) is 19.3 Å². The average Bonchev–Trinajstić information content (AvgIpc) is 2.07. The molecule has 3 nitrogen and oxygen atoms in total. The van der Waals surface area contributed by atoms with Crippen molar-refractivity contribution in [2.45, 2.75) is 19.3 Å². The molecule has 0 aromatic heterocycles. The van der Waals surface area contributed by atoms with Gasteiger partial charge in [-0.25, -0.2) is 0 Å². The van der Waals surface area contributed by atoms with Crippen molar-refractivity contribution in [1.82, 2.24) is 5.32 Å². The Balaban J connectivity index is 2.01. The van der Waals surface area contributed by atoms with Gasteiger partial charge in [0.15, 0.2) is 0 Å². The maximum atomic E-state index is 5.10. The van der Waals surface area contributed by atoms with Gasteiger partial charge in [0.1, 0.15) is 6.61 Å². The molecule has 0 aromatic carbocycles. The van der Waals surface area contributed by atoms with Crippen molar-refractivity contribution < 1.29 is 4.84 Å². The predicted octanol–water partition coefficient (Wildman–Crippen LogP) is 0.762. The lowest BCUT2D eigenvalue weighted by atomic mass is 9.77. The molecule has 62 valence electrons. The van der Waals surface area contributed by atoms with Gasteiger partial charge in [0, 0.05) is 11.6 Å². The smallest absolute Gasteiger partial charge is 0.123 e. The highest BCUT2D eigenvalue weighted by atomic mass is 16.6. The molecule has 0 aromatic rings. The Morgan fingerprint density at radius 2 is 2.18 bits per heavy atom. The molecule has 0 aliphatic carbocycles. The highest BCUT2D eigenvalue weighted by molar-refractivity contribution is 5.58. The molecule has 0 unspecified atom stereocenters. The number of hydrogen-bond donors (Lipinski definition) is 1. The number of hydrogen-bond acceptors (Lipinski definition) is 3. The van der Waals surface area contributed by atoms with Crippen molar-refractivity contribution in [3.05, 3.63) is 0 Å². The van der Waals surface area contributed by atoms with Crippen molar-refractivity contribution in [3.63, 3.8) is 0 Å². The largest absolute Gasteiger partial charge is 0.395 e. The van der Waals surface area contributed by atoms with E-state index in [2.05, 4.69) is 10.5 Å². The van der Waals surface area contributed by atoms with Crippen molar-refractivity contribution in [3.8, 4) is 0 Å². The van der Waals surface area contributed by atoms with Crippen molar-refractivity contribution >= 4 is 6.21 Å². The Morgan fingerprint density at radius 3 is 2.82 bits per heavy atom. The lowest BCUT2D eigenvalue weighted by Crippen LogP contribution is -2.40. The summed E-state index contributed by atoms with van der Waals surface area (Å²) in [5.74, 6) is 0. The molecule has 2 aliphatic heterocycles. The molecule has 2 heterocycles. The van der Waals surface area contributed by atoms with Gasteiger partial charge in [-0.1, -0.05) is 5.16 Å². The first-order chi connectivity index (χ1) is 5.41. The van der Waals surface area contributed by atoms with Gasteiger partial charge in [-0.15, -0.1) is 0 Å². The second-order valence-corrected chi connectivity index (χ2v) is 3.52. The molecule has 0 atom stereocenters. The van der Waals surface area contributed by atoms with E-state index >= 15 is 0 Å². The second-order valence-electron chi connectivity index (χ2n) is 3.52. The summed E-state index contributed by atoms with van der Waals surface area (Å²) in [4.78, 5) is 5.10. The summed E-state index contributed by atoms with van der Waals surface area (Å²) in [6, 6.07) is 0. The Bertz CT molecular complexity index is 161. The van der Waals surface area contributed by atoms with Crippen LogP contribution in [0.2, 0.25) is 0 Å². The van der Waals surface area contributed by atoms with Crippen LogP contribution in [0.15, 0.2) is 5.16 Å². The Hall–Kier alpha value is -0.570. The molecule has 1 spiro atoms. The third-order valence-electron chi connectivity index (χ3n) is 2.71. The molecular formula is C8H14N2O. The molecule has 0 saturated carbocycles. The molecule has 0 amide bonds. The van der Waals surface area contributed by atoms with Crippen molar-refractivity contribution in [2.24, 2.45) is 10.6 Å². The second kappa shape index (κ2) is 2.81. The summed E-state index contributed by atoms with van der Waals surface area (Å²) in [7, 11) is 0. The lowest BCUT2D eigenvalue weighted by Gasteiger charge is -2.36. The zero-order valence-electron chi connectivity index (χ0n) is 6.68. The minimum absolute atomic E-state index is 0.424. The van der Waals surface area contributed by atoms with Crippen LogP contribution in [0, 0.1) is 5.41 Å². The standard InChI is InChI=1S/C8H14N2O/c1-4-9-5-2-8(1)3-6-10-11-7-8/h6,9H,1-5,7H2. The van der Waals surface area contributed by atoms with Gasteiger partial charge < -0.3 is 10.2 Å². The van der Waals surface area contributed by atoms with Gasteiger partial charge >= 0.3 is 0 Å². The quantitative estimate of drug-likeness (QED) is 0.559. The van der Waals surface area contributed by atoms with E-state index in [-0.39, 0.29) is 0 Å². The van der Waals surface area contributed by atoms with E-state index in [1.807, 2.05) is 6.21 Å². The summed E-state index contributed by atoms with van der Waals surface area (Å²) in [6.45, 7) is 3.10. The van der Waals surface area contributed by atoms with Gasteiger partial charge in [-0.05, 0) is 32.4 Å². The number of nitrogens with zero attached hydrogens (tertiary/aromatic N) is 1. The van der Waals surface area contributed by atoms with E-state index in [1.54, 1.807) is 0 Å². The highest BCUT2D eigenvalue weighted by Gasteiger charge is 2.33. The first-order valence-corrected chi connectivity index (χ1v) is 4.26. The fourth-order valence-corrected chi connectivity index (χ4v) is 1.82. The first kappa shape index (κ1) is 7.10. The minimum atomic E-state index is 0.424. The molecule has 0 bridgehead atoms. The fraction of sp³-hybridized carbons (Fsp3) is 0.875. The number of piperidine rings is 1. The van der Waals surface area contributed by atoms with Crippen molar-refractivity contribution in [2.75, 3.05) is 19.7 Å². The first-order valence-electron chi connectivity index (χ1n) is 4.26. The zero-order valence-corrected chi connectivity index (χ0v) is 6.68. The van der Waals surface area contributed by atoms with E-state index in [4.69, 9.17) is 4.84 Å². The lowest BCUT2D eigenvalue weighted by molar-refractivity contribution is 0.0184. The van der Waals surface area contributed by atoms with Crippen LogP contribution >= 0.6 is 0 Å². The molecule has 1 N–H and O–H groups in total.